The number of nitrogens with zero attached hydrogens (tertiary/aromatic N) is 3. The molecule has 0 radical (unpaired) electrons. The molecule has 0 saturated carbocycles. The van der Waals surface area contributed by atoms with Crippen LogP contribution in [0.3, 0.4) is 0 Å². The average Bonchev–Trinajstić information content (AvgIpc) is 2.75. The third kappa shape index (κ3) is 1.28. The third-order valence-electron chi connectivity index (χ3n) is 2.98. The normalized spacial score (nSPS) is 14.4. The Kier molecular flexibility index (Phi) is 2.04. The van der Waals surface area contributed by atoms with Crippen molar-refractivity contribution in [2.24, 2.45) is 0 Å². The predicted molar refractivity (Wildman–Crippen MR) is 68.2 cm³/mol. The molecule has 3 rings (SSSR count). The predicted octanol–water partition coefficient (Wildman–Crippen LogP) is 1.83. The number of hydrogen-bond donors (Lipinski definition) is 1. The Morgan fingerprint density at radius 1 is 1.25 bits per heavy atom. The lowest BCUT2D eigenvalue weighted by atomic mass is 10.2. The molecule has 0 saturated heterocycles. The van der Waals surface area contributed by atoms with Crippen molar-refractivity contribution in [2.75, 3.05) is 24.7 Å². The third-order valence-corrected chi connectivity index (χ3v) is 4.17. The maximum Gasteiger partial charge on any atom is 0.228 e. The van der Waals surface area contributed by atoms with Crippen molar-refractivity contribution in [3.8, 4) is 0 Å². The molecule has 0 aliphatic heterocycles. The number of fused-ring (bicyclic) bond motifs is 3. The van der Waals surface area contributed by atoms with E-state index in [2.05, 4.69) is 9.97 Å². The molecule has 0 amide bonds. The standard InChI is InChI=1S/C11H14N4S/c1-15(2)11-13-9(12)8-6-4-3-5-7(6)16-10(8)14-11/h3-5H2,1-2H3,(H2,12,13,14). The fourth-order valence-electron chi connectivity index (χ4n) is 2.21. The van der Waals surface area contributed by atoms with Crippen molar-refractivity contribution in [2.45, 2.75) is 19.3 Å². The Balaban J connectivity index is 2.30. The topological polar surface area (TPSA) is 55.0 Å². The fourth-order valence-corrected chi connectivity index (χ4v) is 3.48. The van der Waals surface area contributed by atoms with E-state index in [1.807, 2.05) is 19.0 Å². The highest BCUT2D eigenvalue weighted by Crippen LogP contribution is 2.39. The lowest BCUT2D eigenvalue weighted by Crippen LogP contribution is -2.13. The quantitative estimate of drug-likeness (QED) is 0.818. The fraction of sp³-hybridized carbons (Fsp3) is 0.455. The van der Waals surface area contributed by atoms with Crippen molar-refractivity contribution in [3.05, 3.63) is 10.4 Å². The summed E-state index contributed by atoms with van der Waals surface area (Å²) in [4.78, 5) is 13.3. The van der Waals surface area contributed by atoms with E-state index in [1.165, 1.54) is 23.3 Å². The van der Waals surface area contributed by atoms with Crippen molar-refractivity contribution >= 4 is 33.3 Å². The van der Waals surface area contributed by atoms with Crippen molar-refractivity contribution in [1.29, 1.82) is 0 Å². The summed E-state index contributed by atoms with van der Waals surface area (Å²) in [7, 11) is 3.86. The van der Waals surface area contributed by atoms with E-state index in [0.29, 0.717) is 11.8 Å². The van der Waals surface area contributed by atoms with Crippen LogP contribution in [0.25, 0.3) is 10.2 Å². The zero-order valence-corrected chi connectivity index (χ0v) is 10.3. The maximum absolute atomic E-state index is 6.04. The van der Waals surface area contributed by atoms with Crippen LogP contribution in [-0.2, 0) is 12.8 Å². The van der Waals surface area contributed by atoms with Crippen LogP contribution in [0.1, 0.15) is 16.9 Å². The van der Waals surface area contributed by atoms with Gasteiger partial charge in [-0.1, -0.05) is 0 Å². The van der Waals surface area contributed by atoms with Crippen LogP contribution in [0.2, 0.25) is 0 Å². The SMILES string of the molecule is CN(C)c1nc(N)c2c3c(sc2n1)CCC3. The molecule has 84 valence electrons. The van der Waals surface area contributed by atoms with Gasteiger partial charge in [-0.2, -0.15) is 4.98 Å². The van der Waals surface area contributed by atoms with E-state index in [1.54, 1.807) is 11.3 Å². The van der Waals surface area contributed by atoms with Gasteiger partial charge in [0.05, 0.1) is 5.39 Å². The summed E-state index contributed by atoms with van der Waals surface area (Å²) in [6.45, 7) is 0. The van der Waals surface area contributed by atoms with Gasteiger partial charge in [0.2, 0.25) is 5.95 Å². The van der Waals surface area contributed by atoms with Crippen LogP contribution in [0.15, 0.2) is 0 Å². The van der Waals surface area contributed by atoms with Crippen LogP contribution >= 0.6 is 11.3 Å². The Labute approximate surface area is 98.1 Å². The first-order valence-corrected chi connectivity index (χ1v) is 6.23. The smallest absolute Gasteiger partial charge is 0.228 e. The summed E-state index contributed by atoms with van der Waals surface area (Å²) in [6, 6.07) is 0. The van der Waals surface area contributed by atoms with Gasteiger partial charge in [-0.05, 0) is 24.8 Å². The second-order valence-corrected chi connectivity index (χ2v) is 5.42. The molecule has 2 heterocycles. The van der Waals surface area contributed by atoms with Crippen molar-refractivity contribution < 1.29 is 0 Å². The van der Waals surface area contributed by atoms with E-state index in [0.717, 1.165) is 16.6 Å². The number of nitrogen functional groups attached to an aromatic ring is 1. The highest BCUT2D eigenvalue weighted by Gasteiger charge is 2.21. The molecule has 1 aliphatic carbocycles. The minimum Gasteiger partial charge on any atom is -0.383 e. The first-order valence-electron chi connectivity index (χ1n) is 5.42. The molecule has 0 fully saturated rings. The summed E-state index contributed by atoms with van der Waals surface area (Å²) < 4.78 is 0. The molecule has 4 nitrogen and oxygen atoms in total. The highest BCUT2D eigenvalue weighted by molar-refractivity contribution is 7.19. The Hall–Kier alpha value is -1.36. The van der Waals surface area contributed by atoms with Gasteiger partial charge in [0, 0.05) is 19.0 Å². The zero-order chi connectivity index (χ0) is 11.3. The molecule has 0 aromatic carbocycles. The van der Waals surface area contributed by atoms with E-state index < -0.39 is 0 Å². The molecule has 1 aliphatic rings. The molecule has 2 aromatic heterocycles. The Bertz CT molecular complexity index is 559. The van der Waals surface area contributed by atoms with E-state index in [4.69, 9.17) is 5.73 Å². The second-order valence-electron chi connectivity index (χ2n) is 4.34. The number of nitrogens with two attached hydrogens (primary N) is 1. The summed E-state index contributed by atoms with van der Waals surface area (Å²) in [5.74, 6) is 1.33. The van der Waals surface area contributed by atoms with Crippen LogP contribution < -0.4 is 10.6 Å². The monoisotopic (exact) mass is 234 g/mol. The lowest BCUT2D eigenvalue weighted by molar-refractivity contribution is 0.917. The number of aromatic nitrogens is 2. The molecule has 0 unspecified atom stereocenters. The van der Waals surface area contributed by atoms with Gasteiger partial charge in [-0.15, -0.1) is 11.3 Å². The van der Waals surface area contributed by atoms with Crippen LogP contribution in [0.5, 0.6) is 0 Å². The van der Waals surface area contributed by atoms with Gasteiger partial charge in [-0.25, -0.2) is 4.98 Å². The highest BCUT2D eigenvalue weighted by atomic mass is 32.1. The van der Waals surface area contributed by atoms with Crippen LogP contribution in [-0.4, -0.2) is 24.1 Å². The van der Waals surface area contributed by atoms with Gasteiger partial charge < -0.3 is 10.6 Å². The van der Waals surface area contributed by atoms with E-state index >= 15 is 0 Å². The lowest BCUT2D eigenvalue weighted by Gasteiger charge is -2.10. The molecule has 0 atom stereocenters. The molecular weight excluding hydrogens is 220 g/mol. The Morgan fingerprint density at radius 2 is 2.06 bits per heavy atom. The zero-order valence-electron chi connectivity index (χ0n) is 9.45. The second kappa shape index (κ2) is 3.31. The summed E-state index contributed by atoms with van der Waals surface area (Å²) in [6.07, 6.45) is 3.54. The summed E-state index contributed by atoms with van der Waals surface area (Å²) in [5, 5.41) is 1.10. The molecule has 5 heteroatoms. The first-order chi connectivity index (χ1) is 7.66. The number of rotatable bonds is 1. The largest absolute Gasteiger partial charge is 0.383 e. The number of anilines is 2. The van der Waals surface area contributed by atoms with Crippen LogP contribution in [0, 0.1) is 0 Å². The Morgan fingerprint density at radius 3 is 2.81 bits per heavy atom. The van der Waals surface area contributed by atoms with Crippen molar-refractivity contribution in [3.63, 3.8) is 0 Å². The van der Waals surface area contributed by atoms with Crippen LogP contribution in [0.4, 0.5) is 11.8 Å². The van der Waals surface area contributed by atoms with E-state index in [9.17, 15) is 0 Å². The average molecular weight is 234 g/mol. The van der Waals surface area contributed by atoms with E-state index in [-0.39, 0.29) is 0 Å². The minimum absolute atomic E-state index is 0.633. The molecule has 2 aromatic rings. The van der Waals surface area contributed by atoms with Gasteiger partial charge in [0.15, 0.2) is 0 Å². The maximum atomic E-state index is 6.04. The number of thiophene rings is 1. The van der Waals surface area contributed by atoms with Gasteiger partial charge >= 0.3 is 0 Å². The number of aryl methyl sites for hydroxylation is 2. The molecular formula is C11H14N4S. The summed E-state index contributed by atoms with van der Waals surface area (Å²) >= 11 is 1.77. The minimum atomic E-state index is 0.633. The molecule has 0 bridgehead atoms. The molecule has 0 spiro atoms. The summed E-state index contributed by atoms with van der Waals surface area (Å²) in [5.41, 5.74) is 7.43. The van der Waals surface area contributed by atoms with Gasteiger partial charge in [-0.3, -0.25) is 0 Å². The number of hydrogen-bond acceptors (Lipinski definition) is 5. The van der Waals surface area contributed by atoms with Gasteiger partial charge in [0.1, 0.15) is 10.6 Å². The first kappa shape index (κ1) is 9.84. The molecule has 2 N–H and O–H groups in total. The van der Waals surface area contributed by atoms with Gasteiger partial charge in [0.25, 0.3) is 0 Å². The van der Waals surface area contributed by atoms with Crippen molar-refractivity contribution in [1.82, 2.24) is 9.97 Å². The molecule has 16 heavy (non-hydrogen) atoms.